The van der Waals surface area contributed by atoms with Crippen molar-refractivity contribution < 1.29 is 14.3 Å². The number of rotatable bonds is 9. The molecule has 1 N–H and O–H groups in total. The van der Waals surface area contributed by atoms with Crippen LogP contribution in [0.3, 0.4) is 0 Å². The highest BCUT2D eigenvalue weighted by molar-refractivity contribution is 6.04. The second-order valence-electron chi connectivity index (χ2n) is 4.66. The van der Waals surface area contributed by atoms with Gasteiger partial charge in [0.15, 0.2) is 5.78 Å². The number of ether oxygens (including phenoxy) is 1. The van der Waals surface area contributed by atoms with E-state index in [9.17, 15) is 9.59 Å². The van der Waals surface area contributed by atoms with Gasteiger partial charge in [-0.2, -0.15) is 0 Å². The van der Waals surface area contributed by atoms with Gasteiger partial charge in [0.2, 0.25) is 0 Å². The molecule has 0 aliphatic rings. The summed E-state index contributed by atoms with van der Waals surface area (Å²) in [5.41, 5.74) is 0.343. The van der Waals surface area contributed by atoms with E-state index < -0.39 is 5.97 Å². The predicted octanol–water partition coefficient (Wildman–Crippen LogP) is 2.74. The van der Waals surface area contributed by atoms with Crippen molar-refractivity contribution in [2.75, 3.05) is 6.61 Å². The molecule has 0 aromatic carbocycles. The molecule has 106 valence electrons. The fourth-order valence-corrected chi connectivity index (χ4v) is 1.79. The lowest BCUT2D eigenvalue weighted by Gasteiger charge is -2.14. The van der Waals surface area contributed by atoms with Crippen LogP contribution < -0.4 is 0 Å². The van der Waals surface area contributed by atoms with Crippen LogP contribution in [0.15, 0.2) is 12.5 Å². The number of nitrogens with one attached hydrogen (secondary N) is 1. The molecule has 1 atom stereocenters. The SMILES string of the molecule is CCCCC(CC)COC(=O)CC(=O)c1cnc[nH]1. The molecule has 0 radical (unpaired) electrons. The maximum absolute atomic E-state index is 11.6. The summed E-state index contributed by atoms with van der Waals surface area (Å²) in [6.45, 7) is 4.64. The molecule has 0 saturated heterocycles. The molecule has 1 aromatic heterocycles. The Kier molecular flexibility index (Phi) is 6.85. The van der Waals surface area contributed by atoms with Crippen molar-refractivity contribution in [2.24, 2.45) is 5.92 Å². The molecule has 0 saturated carbocycles. The third kappa shape index (κ3) is 5.68. The number of esters is 1. The maximum atomic E-state index is 11.6. The number of Topliss-reactive ketones (excluding diaryl/α,β-unsaturated/α-hetero) is 1. The van der Waals surface area contributed by atoms with Gasteiger partial charge >= 0.3 is 5.97 Å². The molecule has 1 aromatic rings. The van der Waals surface area contributed by atoms with Crippen LogP contribution in [0, 0.1) is 5.92 Å². The lowest BCUT2D eigenvalue weighted by molar-refractivity contribution is -0.144. The van der Waals surface area contributed by atoms with Gasteiger partial charge in [-0.15, -0.1) is 0 Å². The Hall–Kier alpha value is -1.65. The van der Waals surface area contributed by atoms with E-state index in [0.717, 1.165) is 25.7 Å². The molecule has 0 aliphatic heterocycles. The van der Waals surface area contributed by atoms with Crippen molar-refractivity contribution in [1.82, 2.24) is 9.97 Å². The maximum Gasteiger partial charge on any atom is 0.313 e. The van der Waals surface area contributed by atoms with Gasteiger partial charge in [-0.25, -0.2) is 4.98 Å². The molecule has 1 heterocycles. The number of H-pyrrole nitrogens is 1. The number of nitrogens with zero attached hydrogens (tertiary/aromatic N) is 1. The Bertz CT molecular complexity index is 387. The van der Waals surface area contributed by atoms with Crippen molar-refractivity contribution in [3.8, 4) is 0 Å². The van der Waals surface area contributed by atoms with E-state index >= 15 is 0 Å². The molecular formula is C14H22N2O3. The van der Waals surface area contributed by atoms with Crippen molar-refractivity contribution in [3.05, 3.63) is 18.2 Å². The first-order chi connectivity index (χ1) is 9.17. The van der Waals surface area contributed by atoms with Crippen molar-refractivity contribution in [2.45, 2.75) is 46.0 Å². The summed E-state index contributed by atoms with van der Waals surface area (Å²) in [5.74, 6) is -0.357. The smallest absolute Gasteiger partial charge is 0.313 e. The highest BCUT2D eigenvalue weighted by Crippen LogP contribution is 2.13. The summed E-state index contributed by atoms with van der Waals surface area (Å²) in [5, 5.41) is 0. The standard InChI is InChI=1S/C14H22N2O3/c1-3-5-6-11(4-2)9-19-14(18)7-13(17)12-8-15-10-16-12/h8,10-11H,3-7,9H2,1-2H3,(H,15,16). The number of carbonyl (C=O) groups is 2. The van der Waals surface area contributed by atoms with E-state index in [0.29, 0.717) is 18.2 Å². The third-order valence-electron chi connectivity index (χ3n) is 3.13. The van der Waals surface area contributed by atoms with Crippen LogP contribution in [0.2, 0.25) is 0 Å². The summed E-state index contributed by atoms with van der Waals surface area (Å²) < 4.78 is 5.17. The minimum atomic E-state index is -0.463. The van der Waals surface area contributed by atoms with E-state index in [1.165, 1.54) is 12.5 Å². The molecule has 19 heavy (non-hydrogen) atoms. The summed E-state index contributed by atoms with van der Waals surface area (Å²) in [7, 11) is 0. The number of aromatic amines is 1. The molecule has 0 bridgehead atoms. The molecule has 5 heteroatoms. The fourth-order valence-electron chi connectivity index (χ4n) is 1.79. The van der Waals surface area contributed by atoms with Gasteiger partial charge in [0, 0.05) is 0 Å². The van der Waals surface area contributed by atoms with Crippen molar-refractivity contribution in [1.29, 1.82) is 0 Å². The Balaban J connectivity index is 2.29. The number of carbonyl (C=O) groups excluding carboxylic acids is 2. The number of unbranched alkanes of at least 4 members (excludes halogenated alkanes) is 1. The van der Waals surface area contributed by atoms with Crippen LogP contribution in [0.1, 0.15) is 56.4 Å². The van der Waals surface area contributed by atoms with Gasteiger partial charge in [-0.3, -0.25) is 9.59 Å². The second kappa shape index (κ2) is 8.45. The summed E-state index contributed by atoms with van der Waals surface area (Å²) in [6, 6.07) is 0. The van der Waals surface area contributed by atoms with Gasteiger partial charge < -0.3 is 9.72 Å². The van der Waals surface area contributed by atoms with E-state index in [-0.39, 0.29) is 12.2 Å². The van der Waals surface area contributed by atoms with E-state index in [4.69, 9.17) is 4.74 Å². The molecule has 0 fully saturated rings. The molecule has 1 unspecified atom stereocenters. The first-order valence-corrected chi connectivity index (χ1v) is 6.84. The number of hydrogen-bond donors (Lipinski definition) is 1. The van der Waals surface area contributed by atoms with Gasteiger partial charge in [0.25, 0.3) is 0 Å². The minimum absolute atomic E-state index is 0.230. The summed E-state index contributed by atoms with van der Waals surface area (Å²) in [6.07, 6.45) is 6.93. The first kappa shape index (κ1) is 15.4. The summed E-state index contributed by atoms with van der Waals surface area (Å²) in [4.78, 5) is 29.6. The predicted molar refractivity (Wildman–Crippen MR) is 71.8 cm³/mol. The van der Waals surface area contributed by atoms with Gasteiger partial charge in [-0.05, 0) is 12.3 Å². The second-order valence-corrected chi connectivity index (χ2v) is 4.66. The van der Waals surface area contributed by atoms with E-state index in [2.05, 4.69) is 23.8 Å². The Labute approximate surface area is 113 Å². The monoisotopic (exact) mass is 266 g/mol. The van der Waals surface area contributed by atoms with Gasteiger partial charge in [0.1, 0.15) is 12.1 Å². The number of aromatic nitrogens is 2. The average molecular weight is 266 g/mol. The highest BCUT2D eigenvalue weighted by atomic mass is 16.5. The Morgan fingerprint density at radius 1 is 1.42 bits per heavy atom. The van der Waals surface area contributed by atoms with Crippen LogP contribution >= 0.6 is 0 Å². The van der Waals surface area contributed by atoms with Crippen LogP contribution in [-0.4, -0.2) is 28.3 Å². The zero-order valence-corrected chi connectivity index (χ0v) is 11.6. The largest absolute Gasteiger partial charge is 0.465 e. The molecular weight excluding hydrogens is 244 g/mol. The highest BCUT2D eigenvalue weighted by Gasteiger charge is 2.15. The Morgan fingerprint density at radius 3 is 2.79 bits per heavy atom. The van der Waals surface area contributed by atoms with E-state index in [1.54, 1.807) is 0 Å². The third-order valence-corrected chi connectivity index (χ3v) is 3.13. The molecule has 5 nitrogen and oxygen atoms in total. The zero-order chi connectivity index (χ0) is 14.1. The normalized spacial score (nSPS) is 12.1. The molecule has 1 rings (SSSR count). The van der Waals surface area contributed by atoms with Gasteiger partial charge in [0.05, 0.1) is 19.1 Å². The van der Waals surface area contributed by atoms with E-state index in [1.807, 2.05) is 0 Å². The number of ketones is 1. The lowest BCUT2D eigenvalue weighted by Crippen LogP contribution is -2.17. The molecule has 0 aliphatic carbocycles. The van der Waals surface area contributed by atoms with Crippen LogP contribution in [0.5, 0.6) is 0 Å². The summed E-state index contributed by atoms with van der Waals surface area (Å²) >= 11 is 0. The van der Waals surface area contributed by atoms with Crippen LogP contribution in [-0.2, 0) is 9.53 Å². The van der Waals surface area contributed by atoms with Gasteiger partial charge in [-0.1, -0.05) is 33.1 Å². The zero-order valence-electron chi connectivity index (χ0n) is 11.6. The lowest BCUT2D eigenvalue weighted by atomic mass is 10.0. The quantitative estimate of drug-likeness (QED) is 0.424. The number of imidazole rings is 1. The molecule has 0 amide bonds. The van der Waals surface area contributed by atoms with Crippen LogP contribution in [0.25, 0.3) is 0 Å². The average Bonchev–Trinajstić information content (AvgIpc) is 2.93. The first-order valence-electron chi connectivity index (χ1n) is 6.84. The van der Waals surface area contributed by atoms with Crippen molar-refractivity contribution in [3.63, 3.8) is 0 Å². The number of hydrogen-bond acceptors (Lipinski definition) is 4. The Morgan fingerprint density at radius 2 is 2.21 bits per heavy atom. The topological polar surface area (TPSA) is 72.1 Å². The molecule has 0 spiro atoms. The minimum Gasteiger partial charge on any atom is -0.465 e. The fraction of sp³-hybridized carbons (Fsp3) is 0.643. The van der Waals surface area contributed by atoms with Crippen LogP contribution in [0.4, 0.5) is 0 Å². The van der Waals surface area contributed by atoms with Crippen molar-refractivity contribution >= 4 is 11.8 Å².